The highest BCUT2D eigenvalue weighted by Crippen LogP contribution is 2.37. The van der Waals surface area contributed by atoms with Crippen LogP contribution in [-0.2, 0) is 30.6 Å². The van der Waals surface area contributed by atoms with Crippen molar-refractivity contribution in [2.45, 2.75) is 52.5 Å². The molecule has 5 rings (SSSR count). The summed E-state index contributed by atoms with van der Waals surface area (Å²) in [6, 6.07) is 25.7. The molecule has 9 nitrogen and oxygen atoms in total. The number of aromatic carboxylic acids is 1. The number of amides is 1. The van der Waals surface area contributed by atoms with Crippen LogP contribution in [0.25, 0.3) is 0 Å². The summed E-state index contributed by atoms with van der Waals surface area (Å²) < 4.78 is 11.3. The molecule has 1 amide bonds. The fourth-order valence-electron chi connectivity index (χ4n) is 6.02. The Morgan fingerprint density at radius 2 is 1.64 bits per heavy atom. The molecule has 47 heavy (non-hydrogen) atoms. The number of carbonyl (C=O) groups is 2. The number of para-hydroxylation sites is 1. The molecule has 2 N–H and O–H groups in total. The lowest BCUT2D eigenvalue weighted by Crippen LogP contribution is -2.50. The van der Waals surface area contributed by atoms with E-state index in [9.17, 15) is 14.7 Å². The van der Waals surface area contributed by atoms with Crippen LogP contribution in [0, 0.1) is 11.3 Å². The molecular weight excluding hydrogens is 592 g/mol. The second-order valence-electron chi connectivity index (χ2n) is 12.6. The Labute approximate surface area is 277 Å². The molecule has 0 aliphatic carbocycles. The van der Waals surface area contributed by atoms with Crippen molar-refractivity contribution >= 4 is 17.8 Å². The number of benzene rings is 3. The number of piperidine rings is 1. The summed E-state index contributed by atoms with van der Waals surface area (Å²) in [6.45, 7) is 6.38. The largest absolute Gasteiger partial charge is 0.496 e. The van der Waals surface area contributed by atoms with Gasteiger partial charge in [0, 0.05) is 31.4 Å². The van der Waals surface area contributed by atoms with E-state index in [1.54, 1.807) is 7.11 Å². The van der Waals surface area contributed by atoms with Gasteiger partial charge in [0.1, 0.15) is 11.5 Å². The Hall–Kier alpha value is -4.92. The molecule has 2 heterocycles. The van der Waals surface area contributed by atoms with Crippen molar-refractivity contribution in [1.29, 1.82) is 0 Å². The molecule has 3 aromatic carbocycles. The van der Waals surface area contributed by atoms with Crippen LogP contribution < -0.4 is 19.7 Å². The van der Waals surface area contributed by atoms with E-state index < -0.39 is 11.4 Å². The summed E-state index contributed by atoms with van der Waals surface area (Å²) in [7, 11) is 1.63. The zero-order chi connectivity index (χ0) is 33.2. The SMILES string of the molecule is COc1ccccc1CNC(=O)C1(Cc2ccccc2)CCN(c2ncc(C(=O)O)c(CCc3ccc(OCC(C)C)cc3)n2)CC1. The Kier molecular flexibility index (Phi) is 11.1. The standard InChI is InChI=1S/C38H44N4O5/c1-27(2)26-47-31-16-13-28(14-17-31)15-18-33-32(35(43)44)25-40-37(41-33)42-21-19-38(20-22-42,23-29-9-5-4-6-10-29)36(45)39-24-30-11-7-8-12-34(30)46-3/h4-14,16-17,25,27H,15,18-24,26H2,1-3H3,(H,39,45)(H,43,44). The Morgan fingerprint density at radius 1 is 0.936 bits per heavy atom. The predicted molar refractivity (Wildman–Crippen MR) is 182 cm³/mol. The average molecular weight is 637 g/mol. The monoisotopic (exact) mass is 636 g/mol. The van der Waals surface area contributed by atoms with Gasteiger partial charge in [-0.1, -0.05) is 74.5 Å². The van der Waals surface area contributed by atoms with Crippen LogP contribution in [0.3, 0.4) is 0 Å². The molecule has 9 heteroatoms. The van der Waals surface area contributed by atoms with Gasteiger partial charge < -0.3 is 24.8 Å². The van der Waals surface area contributed by atoms with Gasteiger partial charge in [0.2, 0.25) is 11.9 Å². The van der Waals surface area contributed by atoms with Gasteiger partial charge >= 0.3 is 5.97 Å². The third-order valence-electron chi connectivity index (χ3n) is 8.74. The number of anilines is 1. The normalized spacial score (nSPS) is 14.1. The van der Waals surface area contributed by atoms with E-state index in [1.165, 1.54) is 6.20 Å². The number of aromatic nitrogens is 2. The quantitative estimate of drug-likeness (QED) is 0.170. The second-order valence-corrected chi connectivity index (χ2v) is 12.6. The van der Waals surface area contributed by atoms with Gasteiger partial charge in [0.05, 0.1) is 30.4 Å². The summed E-state index contributed by atoms with van der Waals surface area (Å²) in [6.07, 6.45) is 4.32. The van der Waals surface area contributed by atoms with E-state index in [2.05, 4.69) is 41.2 Å². The van der Waals surface area contributed by atoms with Crippen LogP contribution in [0.4, 0.5) is 5.95 Å². The van der Waals surface area contributed by atoms with E-state index in [-0.39, 0.29) is 11.5 Å². The minimum atomic E-state index is -1.05. The zero-order valence-electron chi connectivity index (χ0n) is 27.4. The highest BCUT2D eigenvalue weighted by Gasteiger charge is 2.42. The molecule has 1 fully saturated rings. The maximum atomic E-state index is 13.9. The van der Waals surface area contributed by atoms with E-state index in [1.807, 2.05) is 66.7 Å². The molecule has 0 atom stereocenters. The van der Waals surface area contributed by atoms with Crippen molar-refractivity contribution < 1.29 is 24.2 Å². The molecule has 0 saturated carbocycles. The molecular formula is C38H44N4O5. The number of nitrogens with one attached hydrogen (secondary N) is 1. The third kappa shape index (κ3) is 8.67. The van der Waals surface area contributed by atoms with Gasteiger partial charge in [-0.25, -0.2) is 14.8 Å². The number of carboxylic acids is 1. The minimum absolute atomic E-state index is 0.00960. The summed E-state index contributed by atoms with van der Waals surface area (Å²) in [5.74, 6) is 1.46. The van der Waals surface area contributed by atoms with Gasteiger partial charge in [-0.3, -0.25) is 4.79 Å². The van der Waals surface area contributed by atoms with Crippen molar-refractivity contribution in [2.24, 2.45) is 11.3 Å². The van der Waals surface area contributed by atoms with E-state index in [4.69, 9.17) is 14.5 Å². The molecule has 1 saturated heterocycles. The van der Waals surface area contributed by atoms with Crippen molar-refractivity contribution in [2.75, 3.05) is 31.7 Å². The molecule has 0 spiro atoms. The minimum Gasteiger partial charge on any atom is -0.496 e. The molecule has 1 aromatic heterocycles. The summed E-state index contributed by atoms with van der Waals surface area (Å²) in [5, 5.41) is 13.1. The number of ether oxygens (including phenoxy) is 2. The first-order valence-corrected chi connectivity index (χ1v) is 16.3. The highest BCUT2D eigenvalue weighted by molar-refractivity contribution is 5.88. The molecule has 0 bridgehead atoms. The topological polar surface area (TPSA) is 114 Å². The number of carboxylic acid groups (broad SMARTS) is 1. The zero-order valence-corrected chi connectivity index (χ0v) is 27.4. The van der Waals surface area contributed by atoms with E-state index >= 15 is 0 Å². The van der Waals surface area contributed by atoms with Crippen LogP contribution in [0.5, 0.6) is 11.5 Å². The van der Waals surface area contributed by atoms with Crippen molar-refractivity contribution in [3.05, 3.63) is 113 Å². The number of hydrogen-bond acceptors (Lipinski definition) is 7. The first-order valence-electron chi connectivity index (χ1n) is 16.3. The number of aryl methyl sites for hydroxylation is 2. The van der Waals surface area contributed by atoms with Gasteiger partial charge in [-0.2, -0.15) is 0 Å². The van der Waals surface area contributed by atoms with Crippen molar-refractivity contribution in [3.8, 4) is 11.5 Å². The smallest absolute Gasteiger partial charge is 0.339 e. The Bertz CT molecular complexity index is 1630. The lowest BCUT2D eigenvalue weighted by molar-refractivity contribution is -0.132. The van der Waals surface area contributed by atoms with Gasteiger partial charge in [0.15, 0.2) is 0 Å². The fourth-order valence-corrected chi connectivity index (χ4v) is 6.02. The molecule has 4 aromatic rings. The summed E-state index contributed by atoms with van der Waals surface area (Å²) in [4.78, 5) is 37.3. The van der Waals surface area contributed by atoms with Crippen molar-refractivity contribution in [3.63, 3.8) is 0 Å². The molecule has 1 aliphatic rings. The summed E-state index contributed by atoms with van der Waals surface area (Å²) >= 11 is 0. The van der Waals surface area contributed by atoms with Crippen molar-refractivity contribution in [1.82, 2.24) is 15.3 Å². The third-order valence-corrected chi connectivity index (χ3v) is 8.74. The first-order chi connectivity index (χ1) is 22.8. The lowest BCUT2D eigenvalue weighted by atomic mass is 9.73. The Morgan fingerprint density at radius 3 is 2.32 bits per heavy atom. The van der Waals surface area contributed by atoms with E-state index in [0.29, 0.717) is 75.9 Å². The van der Waals surface area contributed by atoms with Crippen LogP contribution in [0.1, 0.15) is 59.4 Å². The maximum Gasteiger partial charge on any atom is 0.339 e. The number of methoxy groups -OCH3 is 1. The number of rotatable bonds is 14. The first kappa shape index (κ1) is 33.4. The Balaban J connectivity index is 1.29. The van der Waals surface area contributed by atoms with Crippen LogP contribution in [0.15, 0.2) is 85.1 Å². The summed E-state index contributed by atoms with van der Waals surface area (Å²) in [5.41, 5.74) is 3.09. The van der Waals surface area contributed by atoms with Gasteiger partial charge in [0.25, 0.3) is 0 Å². The molecule has 1 aliphatic heterocycles. The van der Waals surface area contributed by atoms with Crippen LogP contribution in [-0.4, -0.2) is 53.8 Å². The lowest BCUT2D eigenvalue weighted by Gasteiger charge is -2.41. The van der Waals surface area contributed by atoms with Gasteiger partial charge in [-0.15, -0.1) is 0 Å². The second kappa shape index (κ2) is 15.6. The number of carbonyl (C=O) groups excluding carboxylic acids is 1. The average Bonchev–Trinajstić information content (AvgIpc) is 3.09. The number of nitrogens with zero attached hydrogens (tertiary/aromatic N) is 3. The maximum absolute atomic E-state index is 13.9. The van der Waals surface area contributed by atoms with Gasteiger partial charge in [-0.05, 0) is 67.3 Å². The van der Waals surface area contributed by atoms with Crippen LogP contribution in [0.2, 0.25) is 0 Å². The molecule has 246 valence electrons. The predicted octanol–water partition coefficient (Wildman–Crippen LogP) is 6.15. The fraction of sp³-hybridized carbons (Fsp3) is 0.368. The molecule has 0 unspecified atom stereocenters. The number of hydrogen-bond donors (Lipinski definition) is 2. The van der Waals surface area contributed by atoms with E-state index in [0.717, 1.165) is 28.2 Å². The highest BCUT2D eigenvalue weighted by atomic mass is 16.5. The van der Waals surface area contributed by atoms with Crippen LogP contribution >= 0.6 is 0 Å². The molecule has 0 radical (unpaired) electrons.